The highest BCUT2D eigenvalue weighted by Gasteiger charge is 2.39. The molecule has 1 fully saturated rings. The molecule has 0 saturated heterocycles. The first-order valence-electron chi connectivity index (χ1n) is 11.1. The van der Waals surface area contributed by atoms with Gasteiger partial charge in [0.05, 0.1) is 10.9 Å². The molecule has 1 heterocycles. The number of hydrogen-bond donors (Lipinski definition) is 2. The molecule has 0 bridgehead atoms. The van der Waals surface area contributed by atoms with Crippen LogP contribution >= 0.6 is 0 Å². The quantitative estimate of drug-likeness (QED) is 0.535. The van der Waals surface area contributed by atoms with Crippen LogP contribution in [-0.4, -0.2) is 25.4 Å². The van der Waals surface area contributed by atoms with Crippen LogP contribution in [0.25, 0.3) is 11.3 Å². The van der Waals surface area contributed by atoms with Crippen molar-refractivity contribution in [1.82, 2.24) is 15.0 Å². The fraction of sp³-hybridized carbons (Fsp3) is 0.360. The van der Waals surface area contributed by atoms with E-state index in [4.69, 9.17) is 4.42 Å². The Hall–Kier alpha value is -2.97. The summed E-state index contributed by atoms with van der Waals surface area (Å²) in [5, 5.41) is 3.12. The van der Waals surface area contributed by atoms with Crippen LogP contribution in [0.15, 0.2) is 76.6 Å². The van der Waals surface area contributed by atoms with Gasteiger partial charge >= 0.3 is 0 Å². The van der Waals surface area contributed by atoms with Gasteiger partial charge < -0.3 is 9.73 Å². The number of oxazole rings is 1. The summed E-state index contributed by atoms with van der Waals surface area (Å²) in [6.07, 6.45) is 5.32. The summed E-state index contributed by atoms with van der Waals surface area (Å²) in [5.41, 5.74) is 1.99. The van der Waals surface area contributed by atoms with Gasteiger partial charge in [-0.2, -0.15) is 0 Å². The Bertz CT molecular complexity index is 1170. The molecule has 0 spiro atoms. The van der Waals surface area contributed by atoms with Gasteiger partial charge in [-0.25, -0.2) is 18.1 Å². The molecule has 0 unspecified atom stereocenters. The molecule has 2 aromatic carbocycles. The lowest BCUT2D eigenvalue weighted by Gasteiger charge is -2.37. The molecule has 7 nitrogen and oxygen atoms in total. The Morgan fingerprint density at radius 2 is 1.76 bits per heavy atom. The van der Waals surface area contributed by atoms with Crippen LogP contribution in [0.5, 0.6) is 0 Å². The van der Waals surface area contributed by atoms with E-state index in [0.29, 0.717) is 31.4 Å². The average molecular weight is 468 g/mol. The molecule has 33 heavy (non-hydrogen) atoms. The maximum absolute atomic E-state index is 13.0. The third-order valence-corrected chi connectivity index (χ3v) is 8.04. The zero-order chi connectivity index (χ0) is 23.5. The zero-order valence-corrected chi connectivity index (χ0v) is 19.6. The highest BCUT2D eigenvalue weighted by Crippen LogP contribution is 2.37. The van der Waals surface area contributed by atoms with Crippen LogP contribution in [-0.2, 0) is 14.8 Å². The predicted molar refractivity (Wildman–Crippen MR) is 126 cm³/mol. The van der Waals surface area contributed by atoms with Crippen LogP contribution in [0.2, 0.25) is 0 Å². The molecule has 2 N–H and O–H groups in total. The van der Waals surface area contributed by atoms with Crippen molar-refractivity contribution in [2.45, 2.75) is 56.5 Å². The standard InChI is InChI=1S/C25H29N3O4S/c1-18(19-6-4-3-5-7-19)27-24(29)25(2)14-12-21(13-15-25)28-33(30,31)22-10-8-20(9-11-22)23-16-32-17-26-23/h3-11,16-18,21,28H,12-15H2,1-2H3,(H,27,29)/t18-,21-,25-/m1/s1. The summed E-state index contributed by atoms with van der Waals surface area (Å²) in [7, 11) is -3.65. The van der Waals surface area contributed by atoms with E-state index in [2.05, 4.69) is 15.0 Å². The molecule has 1 aromatic heterocycles. The van der Waals surface area contributed by atoms with Crippen LogP contribution in [0, 0.1) is 5.41 Å². The lowest BCUT2D eigenvalue weighted by atomic mass is 9.73. The largest absolute Gasteiger partial charge is 0.451 e. The first-order chi connectivity index (χ1) is 15.8. The number of carbonyl (C=O) groups excluding carboxylic acids is 1. The van der Waals surface area contributed by atoms with E-state index in [1.807, 2.05) is 44.2 Å². The fourth-order valence-corrected chi connectivity index (χ4v) is 5.55. The number of nitrogens with zero attached hydrogens (tertiary/aromatic N) is 1. The minimum atomic E-state index is -3.65. The van der Waals surface area contributed by atoms with Crippen molar-refractivity contribution in [3.8, 4) is 11.3 Å². The van der Waals surface area contributed by atoms with Crippen molar-refractivity contribution in [2.24, 2.45) is 5.41 Å². The number of aromatic nitrogens is 1. The number of rotatable bonds is 7. The van der Waals surface area contributed by atoms with Gasteiger partial charge in [0, 0.05) is 17.0 Å². The Labute approximate surface area is 194 Å². The van der Waals surface area contributed by atoms with Crippen molar-refractivity contribution in [2.75, 3.05) is 0 Å². The van der Waals surface area contributed by atoms with Crippen molar-refractivity contribution < 1.29 is 17.6 Å². The first kappa shape index (κ1) is 23.2. The molecule has 8 heteroatoms. The van der Waals surface area contributed by atoms with E-state index in [-0.39, 0.29) is 22.9 Å². The minimum absolute atomic E-state index is 0.0172. The minimum Gasteiger partial charge on any atom is -0.451 e. The molecule has 1 aliphatic carbocycles. The number of nitrogens with one attached hydrogen (secondary N) is 2. The number of carbonyl (C=O) groups is 1. The maximum Gasteiger partial charge on any atom is 0.240 e. The normalized spacial score (nSPS) is 21.9. The second-order valence-electron chi connectivity index (χ2n) is 8.96. The van der Waals surface area contributed by atoms with E-state index >= 15 is 0 Å². The van der Waals surface area contributed by atoms with Crippen molar-refractivity contribution in [3.05, 3.63) is 72.8 Å². The summed E-state index contributed by atoms with van der Waals surface area (Å²) in [4.78, 5) is 17.3. The average Bonchev–Trinajstić information content (AvgIpc) is 3.36. The summed E-state index contributed by atoms with van der Waals surface area (Å²) in [5.74, 6) is 0.0172. The van der Waals surface area contributed by atoms with E-state index in [9.17, 15) is 13.2 Å². The third kappa shape index (κ3) is 5.34. The number of benzene rings is 2. The van der Waals surface area contributed by atoms with Gasteiger partial charge in [0.25, 0.3) is 0 Å². The molecule has 1 amide bonds. The smallest absolute Gasteiger partial charge is 0.240 e. The highest BCUT2D eigenvalue weighted by molar-refractivity contribution is 7.89. The summed E-state index contributed by atoms with van der Waals surface area (Å²) in [6, 6.07) is 16.1. The second kappa shape index (κ2) is 9.49. The Morgan fingerprint density at radius 1 is 1.09 bits per heavy atom. The molecule has 0 aliphatic heterocycles. The summed E-state index contributed by atoms with van der Waals surface area (Å²) >= 11 is 0. The van der Waals surface area contributed by atoms with Gasteiger partial charge in [-0.15, -0.1) is 0 Å². The Morgan fingerprint density at radius 3 is 2.36 bits per heavy atom. The fourth-order valence-electron chi connectivity index (χ4n) is 4.24. The van der Waals surface area contributed by atoms with Gasteiger partial charge in [-0.1, -0.05) is 49.4 Å². The number of sulfonamides is 1. The van der Waals surface area contributed by atoms with Gasteiger partial charge in [-0.3, -0.25) is 4.79 Å². The monoisotopic (exact) mass is 467 g/mol. The lowest BCUT2D eigenvalue weighted by molar-refractivity contribution is -0.132. The van der Waals surface area contributed by atoms with E-state index in [1.165, 1.54) is 12.7 Å². The molecule has 1 saturated carbocycles. The molecule has 4 rings (SSSR count). The van der Waals surface area contributed by atoms with E-state index in [1.54, 1.807) is 24.3 Å². The zero-order valence-electron chi connectivity index (χ0n) is 18.8. The molecular formula is C25H29N3O4S. The van der Waals surface area contributed by atoms with Crippen LogP contribution < -0.4 is 10.0 Å². The summed E-state index contributed by atoms with van der Waals surface area (Å²) in [6.45, 7) is 3.94. The maximum atomic E-state index is 13.0. The lowest BCUT2D eigenvalue weighted by Crippen LogP contribution is -2.46. The van der Waals surface area contributed by atoms with Crippen molar-refractivity contribution in [3.63, 3.8) is 0 Å². The number of amides is 1. The Balaban J connectivity index is 1.34. The number of hydrogen-bond acceptors (Lipinski definition) is 5. The molecule has 0 radical (unpaired) electrons. The van der Waals surface area contributed by atoms with Gasteiger partial charge in [0.15, 0.2) is 6.39 Å². The second-order valence-corrected chi connectivity index (χ2v) is 10.7. The first-order valence-corrected chi connectivity index (χ1v) is 12.6. The predicted octanol–water partition coefficient (Wildman–Crippen LogP) is 4.45. The van der Waals surface area contributed by atoms with Gasteiger partial charge in [0.2, 0.25) is 15.9 Å². The highest BCUT2D eigenvalue weighted by atomic mass is 32.2. The van der Waals surface area contributed by atoms with Crippen molar-refractivity contribution >= 4 is 15.9 Å². The van der Waals surface area contributed by atoms with Gasteiger partial charge in [0.1, 0.15) is 12.0 Å². The van der Waals surface area contributed by atoms with Crippen LogP contribution in [0.4, 0.5) is 0 Å². The SMILES string of the molecule is C[C@@H](NC(=O)[C@]1(C)CC[C@@H](NS(=O)(=O)c2ccc(-c3cocn3)cc2)CC1)c1ccccc1. The molecule has 174 valence electrons. The van der Waals surface area contributed by atoms with Gasteiger partial charge in [-0.05, 0) is 50.3 Å². The Kier molecular flexibility index (Phi) is 6.67. The van der Waals surface area contributed by atoms with E-state index < -0.39 is 15.4 Å². The molecular weight excluding hydrogens is 438 g/mol. The summed E-state index contributed by atoms with van der Waals surface area (Å²) < 4.78 is 33.5. The molecule has 1 atom stereocenters. The van der Waals surface area contributed by atoms with Crippen LogP contribution in [0.1, 0.15) is 51.1 Å². The van der Waals surface area contributed by atoms with Crippen LogP contribution in [0.3, 0.4) is 0 Å². The molecule has 3 aromatic rings. The van der Waals surface area contributed by atoms with Crippen molar-refractivity contribution in [1.29, 1.82) is 0 Å². The molecule has 1 aliphatic rings. The van der Waals surface area contributed by atoms with E-state index in [0.717, 1.165) is 11.1 Å². The third-order valence-electron chi connectivity index (χ3n) is 6.50. The topological polar surface area (TPSA) is 101 Å².